The Morgan fingerprint density at radius 2 is 1.83 bits per heavy atom. The lowest BCUT2D eigenvalue weighted by Crippen LogP contribution is -2.07. The van der Waals surface area contributed by atoms with Crippen molar-refractivity contribution in [1.29, 1.82) is 0 Å². The third kappa shape index (κ3) is 2.44. The predicted molar refractivity (Wildman–Crippen MR) is 56.5 cm³/mol. The van der Waals surface area contributed by atoms with E-state index in [4.69, 9.17) is 4.12 Å². The van der Waals surface area contributed by atoms with Crippen molar-refractivity contribution in [3.05, 3.63) is 0 Å². The van der Waals surface area contributed by atoms with Gasteiger partial charge in [-0.25, -0.2) is 0 Å². The van der Waals surface area contributed by atoms with Gasteiger partial charge >= 0.3 is 0 Å². The van der Waals surface area contributed by atoms with Crippen LogP contribution in [0.15, 0.2) is 0 Å². The van der Waals surface area contributed by atoms with Crippen molar-refractivity contribution >= 4 is 20.2 Å². The Labute approximate surface area is 80.8 Å². The van der Waals surface area contributed by atoms with Crippen LogP contribution in [0.2, 0.25) is 6.04 Å². The Bertz CT molecular complexity index is 131. The van der Waals surface area contributed by atoms with E-state index in [1.807, 2.05) is 0 Å². The molecular weight excluding hydrogens is 180 g/mol. The van der Waals surface area contributed by atoms with E-state index in [-0.39, 0.29) is 0 Å². The summed E-state index contributed by atoms with van der Waals surface area (Å²) in [7, 11) is 1.33. The Balaban J connectivity index is 1.66. The fourth-order valence-electron chi connectivity index (χ4n) is 2.28. The summed E-state index contributed by atoms with van der Waals surface area (Å²) in [6, 6.07) is 1.40. The Hall–Kier alpha value is 0.394. The van der Waals surface area contributed by atoms with Gasteiger partial charge < -0.3 is 4.12 Å². The number of rotatable bonds is 6. The van der Waals surface area contributed by atoms with Crippen molar-refractivity contribution in [3.8, 4) is 0 Å². The summed E-state index contributed by atoms with van der Waals surface area (Å²) >= 11 is 0. The summed E-state index contributed by atoms with van der Waals surface area (Å²) in [6.07, 6.45) is 7.65. The summed E-state index contributed by atoms with van der Waals surface area (Å²) < 4.78 is 5.31. The van der Waals surface area contributed by atoms with Gasteiger partial charge in [0, 0.05) is 0 Å². The lowest BCUT2D eigenvalue weighted by molar-refractivity contribution is 0.390. The first-order chi connectivity index (χ1) is 5.92. The molecule has 0 N–H and O–H groups in total. The standard InChI is InChI=1S/C9H19OSi2/c11-10-12-6-5-9(7-1-2-7)8-3-4-8/h7-9,12H,1-6H2,11H3. The molecule has 2 saturated carbocycles. The Morgan fingerprint density at radius 3 is 2.25 bits per heavy atom. The van der Waals surface area contributed by atoms with Crippen LogP contribution in [-0.4, -0.2) is 20.2 Å². The maximum Gasteiger partial charge on any atom is 0.177 e. The van der Waals surface area contributed by atoms with Crippen LogP contribution in [0.25, 0.3) is 0 Å². The van der Waals surface area contributed by atoms with Crippen LogP contribution in [0.4, 0.5) is 0 Å². The van der Waals surface area contributed by atoms with Crippen LogP contribution in [0.5, 0.6) is 0 Å². The molecule has 3 heteroatoms. The highest BCUT2D eigenvalue weighted by Gasteiger charge is 2.40. The second-order valence-electron chi connectivity index (χ2n) is 4.32. The molecule has 69 valence electrons. The minimum atomic E-state index is 0.371. The van der Waals surface area contributed by atoms with Crippen LogP contribution in [-0.2, 0) is 4.12 Å². The summed E-state index contributed by atoms with van der Waals surface area (Å²) in [5, 5.41) is 0. The van der Waals surface area contributed by atoms with Crippen LogP contribution in [0.1, 0.15) is 32.1 Å². The molecule has 0 heterocycles. The van der Waals surface area contributed by atoms with Gasteiger partial charge in [-0.05, 0) is 49.5 Å². The largest absolute Gasteiger partial charge is 0.466 e. The van der Waals surface area contributed by atoms with E-state index >= 15 is 0 Å². The lowest BCUT2D eigenvalue weighted by Gasteiger charge is -2.14. The molecule has 0 saturated heterocycles. The molecule has 2 aliphatic rings. The average molecular weight is 199 g/mol. The summed E-state index contributed by atoms with van der Waals surface area (Å²) in [5.41, 5.74) is 0. The van der Waals surface area contributed by atoms with Crippen LogP contribution < -0.4 is 0 Å². The van der Waals surface area contributed by atoms with Gasteiger partial charge in [-0.3, -0.25) is 0 Å². The topological polar surface area (TPSA) is 9.23 Å². The van der Waals surface area contributed by atoms with Crippen LogP contribution >= 0.6 is 0 Å². The fraction of sp³-hybridized carbons (Fsp3) is 1.00. The lowest BCUT2D eigenvalue weighted by atomic mass is 9.95. The number of hydrogen-bond acceptors (Lipinski definition) is 1. The predicted octanol–water partition coefficient (Wildman–Crippen LogP) is 0.879. The molecule has 0 amide bonds. The first-order valence-electron chi connectivity index (χ1n) is 5.26. The van der Waals surface area contributed by atoms with Crippen molar-refractivity contribution in [3.63, 3.8) is 0 Å². The van der Waals surface area contributed by atoms with Crippen molar-refractivity contribution in [2.45, 2.75) is 38.1 Å². The highest BCUT2D eigenvalue weighted by molar-refractivity contribution is 6.34. The van der Waals surface area contributed by atoms with Crippen molar-refractivity contribution in [2.75, 3.05) is 0 Å². The average Bonchev–Trinajstić information content (AvgIpc) is 2.87. The molecule has 2 rings (SSSR count). The molecule has 0 unspecified atom stereocenters. The van der Waals surface area contributed by atoms with Gasteiger partial charge in [-0.1, -0.05) is 6.42 Å². The molecule has 1 radical (unpaired) electrons. The van der Waals surface area contributed by atoms with Crippen LogP contribution in [0, 0.1) is 17.8 Å². The monoisotopic (exact) mass is 199 g/mol. The summed E-state index contributed by atoms with van der Waals surface area (Å²) in [5.74, 6) is 3.41. The molecular formula is C9H19OSi2. The highest BCUT2D eigenvalue weighted by Crippen LogP contribution is 2.51. The zero-order valence-electron chi connectivity index (χ0n) is 7.96. The molecule has 2 fully saturated rings. The van der Waals surface area contributed by atoms with E-state index in [1.165, 1.54) is 38.1 Å². The van der Waals surface area contributed by atoms with Gasteiger partial charge in [0.15, 0.2) is 9.76 Å². The quantitative estimate of drug-likeness (QED) is 0.456. The van der Waals surface area contributed by atoms with Gasteiger partial charge in [-0.2, -0.15) is 0 Å². The molecule has 0 bridgehead atoms. The highest BCUT2D eigenvalue weighted by atomic mass is 28.3. The van der Waals surface area contributed by atoms with Crippen molar-refractivity contribution < 1.29 is 4.12 Å². The number of hydrogen-bond donors (Lipinski definition) is 0. The van der Waals surface area contributed by atoms with E-state index in [9.17, 15) is 0 Å². The molecule has 12 heavy (non-hydrogen) atoms. The van der Waals surface area contributed by atoms with Gasteiger partial charge in [0.2, 0.25) is 0 Å². The van der Waals surface area contributed by atoms with Gasteiger partial charge in [0.1, 0.15) is 10.5 Å². The molecule has 2 aliphatic carbocycles. The zero-order chi connectivity index (χ0) is 8.39. The molecule has 0 aromatic rings. The minimum Gasteiger partial charge on any atom is -0.466 e. The SMILES string of the molecule is [SiH3]O[SiH]CCC(C1CC1)C1CC1. The molecule has 0 spiro atoms. The van der Waals surface area contributed by atoms with Gasteiger partial charge in [0.05, 0.1) is 0 Å². The Morgan fingerprint density at radius 1 is 1.25 bits per heavy atom. The molecule has 1 nitrogen and oxygen atoms in total. The maximum absolute atomic E-state index is 5.31. The Kier molecular flexibility index (Phi) is 3.04. The normalized spacial score (nSPS) is 23.8. The first kappa shape index (κ1) is 8.97. The first-order valence-corrected chi connectivity index (χ1v) is 7.36. The fourth-order valence-corrected chi connectivity index (χ4v) is 3.75. The van der Waals surface area contributed by atoms with E-state index in [2.05, 4.69) is 0 Å². The van der Waals surface area contributed by atoms with Crippen LogP contribution in [0.3, 0.4) is 0 Å². The molecule has 0 aliphatic heterocycles. The molecule has 0 atom stereocenters. The smallest absolute Gasteiger partial charge is 0.177 e. The minimum absolute atomic E-state index is 0.371. The van der Waals surface area contributed by atoms with E-state index in [0.29, 0.717) is 9.76 Å². The van der Waals surface area contributed by atoms with Crippen molar-refractivity contribution in [2.24, 2.45) is 17.8 Å². The van der Waals surface area contributed by atoms with Gasteiger partial charge in [-0.15, -0.1) is 0 Å². The van der Waals surface area contributed by atoms with E-state index < -0.39 is 0 Å². The summed E-state index contributed by atoms with van der Waals surface area (Å²) in [4.78, 5) is 0. The second kappa shape index (κ2) is 4.07. The maximum atomic E-state index is 5.31. The van der Waals surface area contributed by atoms with E-state index in [0.717, 1.165) is 28.2 Å². The zero-order valence-corrected chi connectivity index (χ0v) is 11.1. The third-order valence-corrected chi connectivity index (χ3v) is 5.14. The summed E-state index contributed by atoms with van der Waals surface area (Å²) in [6.45, 7) is 0. The van der Waals surface area contributed by atoms with E-state index in [1.54, 1.807) is 0 Å². The second-order valence-corrected chi connectivity index (χ2v) is 7.11. The van der Waals surface area contributed by atoms with Gasteiger partial charge in [0.25, 0.3) is 0 Å². The third-order valence-electron chi connectivity index (χ3n) is 3.24. The molecule has 0 aromatic heterocycles. The van der Waals surface area contributed by atoms with Crippen molar-refractivity contribution in [1.82, 2.24) is 0 Å². The molecule has 0 aromatic carbocycles.